The number of nitrogens with one attached hydrogen (secondary N) is 1. The normalized spacial score (nSPS) is 19.8. The molecule has 94 valence electrons. The first-order valence-electron chi connectivity index (χ1n) is 6.02. The zero-order valence-electron chi connectivity index (χ0n) is 10.0. The van der Waals surface area contributed by atoms with Crippen LogP contribution in [0.1, 0.15) is 44.3 Å². The molecule has 0 amide bonds. The molecule has 0 bridgehead atoms. The van der Waals surface area contributed by atoms with Gasteiger partial charge in [-0.3, -0.25) is 4.79 Å². The Morgan fingerprint density at radius 2 is 2.00 bits per heavy atom. The molecule has 0 spiro atoms. The minimum atomic E-state index is -0.547. The Labute approximate surface area is 99.9 Å². The minimum Gasteiger partial charge on any atom is -0.493 e. The molecule has 1 saturated carbocycles. The van der Waals surface area contributed by atoms with E-state index in [4.69, 9.17) is 4.74 Å². The van der Waals surface area contributed by atoms with Crippen molar-refractivity contribution in [3.05, 3.63) is 22.2 Å². The Kier molecular flexibility index (Phi) is 3.47. The molecule has 0 aliphatic heterocycles. The Morgan fingerprint density at radius 3 is 2.53 bits per heavy atom. The van der Waals surface area contributed by atoms with E-state index >= 15 is 0 Å². The van der Waals surface area contributed by atoms with Gasteiger partial charge in [0.1, 0.15) is 11.4 Å². The summed E-state index contributed by atoms with van der Waals surface area (Å²) >= 11 is 0. The van der Waals surface area contributed by atoms with Crippen LogP contribution in [0.3, 0.4) is 0 Å². The molecule has 1 aromatic rings. The molecule has 5 heteroatoms. The summed E-state index contributed by atoms with van der Waals surface area (Å²) in [7, 11) is 1.63. The molecule has 0 aromatic carbocycles. The fourth-order valence-electron chi connectivity index (χ4n) is 2.50. The lowest BCUT2D eigenvalue weighted by Crippen LogP contribution is -2.32. The molecule has 5 nitrogen and oxygen atoms in total. The number of aromatic hydroxyl groups is 1. The Balaban J connectivity index is 2.41. The van der Waals surface area contributed by atoms with Gasteiger partial charge in [0.15, 0.2) is 0 Å². The van der Waals surface area contributed by atoms with Crippen molar-refractivity contribution in [3.63, 3.8) is 0 Å². The molecule has 1 heterocycles. The van der Waals surface area contributed by atoms with Gasteiger partial charge < -0.3 is 14.8 Å². The Bertz CT molecular complexity index is 434. The van der Waals surface area contributed by atoms with Crippen LogP contribution in [0.4, 0.5) is 0 Å². The molecule has 1 aliphatic rings. The van der Waals surface area contributed by atoms with Gasteiger partial charge in [-0.15, -0.1) is 0 Å². The van der Waals surface area contributed by atoms with Gasteiger partial charge >= 0.3 is 0 Å². The highest BCUT2D eigenvalue weighted by Gasteiger charge is 2.35. The van der Waals surface area contributed by atoms with Gasteiger partial charge in [-0.25, -0.2) is 0 Å². The van der Waals surface area contributed by atoms with E-state index < -0.39 is 5.60 Å². The molecule has 1 aromatic heterocycles. The van der Waals surface area contributed by atoms with Crippen LogP contribution in [-0.2, 0) is 10.3 Å². The van der Waals surface area contributed by atoms with Crippen LogP contribution < -0.4 is 5.56 Å². The van der Waals surface area contributed by atoms with Gasteiger partial charge in [0.25, 0.3) is 5.56 Å². The van der Waals surface area contributed by atoms with E-state index in [0.29, 0.717) is 5.82 Å². The number of rotatable bonds is 2. The Morgan fingerprint density at radius 1 is 1.35 bits per heavy atom. The molecular formula is C12H18N2O3. The van der Waals surface area contributed by atoms with Crippen LogP contribution >= 0.6 is 0 Å². The van der Waals surface area contributed by atoms with Crippen molar-refractivity contribution in [2.45, 2.75) is 44.1 Å². The standard InChI is InChI=1S/C12H18N2O3/c1-17-12(6-4-2-3-5-7-12)11-13-9(15)8-10(16)14-11/h8H,2-7H2,1H3,(H2,13,14,15,16). The van der Waals surface area contributed by atoms with Gasteiger partial charge in [-0.1, -0.05) is 25.7 Å². The lowest BCUT2D eigenvalue weighted by atomic mass is 9.93. The van der Waals surface area contributed by atoms with Gasteiger partial charge in [-0.2, -0.15) is 4.98 Å². The highest BCUT2D eigenvalue weighted by molar-refractivity contribution is 5.12. The molecule has 0 radical (unpaired) electrons. The summed E-state index contributed by atoms with van der Waals surface area (Å²) < 4.78 is 5.61. The number of aromatic amines is 1. The molecular weight excluding hydrogens is 220 g/mol. The summed E-state index contributed by atoms with van der Waals surface area (Å²) in [4.78, 5) is 18.1. The first-order chi connectivity index (χ1) is 8.16. The third-order valence-electron chi connectivity index (χ3n) is 3.46. The van der Waals surface area contributed by atoms with Crippen LogP contribution in [0, 0.1) is 0 Å². The van der Waals surface area contributed by atoms with Crippen molar-refractivity contribution in [3.8, 4) is 5.88 Å². The van der Waals surface area contributed by atoms with E-state index in [1.807, 2.05) is 0 Å². The van der Waals surface area contributed by atoms with Crippen LogP contribution in [-0.4, -0.2) is 22.2 Å². The van der Waals surface area contributed by atoms with Crippen LogP contribution in [0.5, 0.6) is 5.88 Å². The van der Waals surface area contributed by atoms with Crippen molar-refractivity contribution in [1.29, 1.82) is 0 Å². The van der Waals surface area contributed by atoms with Gasteiger partial charge in [0.05, 0.1) is 6.07 Å². The number of hydrogen-bond donors (Lipinski definition) is 2. The van der Waals surface area contributed by atoms with E-state index in [1.54, 1.807) is 7.11 Å². The maximum atomic E-state index is 11.4. The number of ether oxygens (including phenoxy) is 1. The number of aromatic nitrogens is 2. The fourth-order valence-corrected chi connectivity index (χ4v) is 2.50. The maximum Gasteiger partial charge on any atom is 0.254 e. The van der Waals surface area contributed by atoms with Crippen LogP contribution in [0.25, 0.3) is 0 Å². The van der Waals surface area contributed by atoms with Crippen molar-refractivity contribution >= 4 is 0 Å². The summed E-state index contributed by atoms with van der Waals surface area (Å²) in [6, 6.07) is 1.07. The second-order valence-corrected chi connectivity index (χ2v) is 4.56. The Hall–Kier alpha value is -1.36. The first kappa shape index (κ1) is 12.1. The van der Waals surface area contributed by atoms with Gasteiger partial charge in [0.2, 0.25) is 5.88 Å². The van der Waals surface area contributed by atoms with Gasteiger partial charge in [-0.05, 0) is 12.8 Å². The lowest BCUT2D eigenvalue weighted by molar-refractivity contribution is -0.0357. The number of nitrogens with zero attached hydrogens (tertiary/aromatic N) is 1. The summed E-state index contributed by atoms with van der Waals surface area (Å²) in [6.07, 6.45) is 6.11. The van der Waals surface area contributed by atoms with Crippen molar-refractivity contribution in [1.82, 2.24) is 9.97 Å². The van der Waals surface area contributed by atoms with E-state index in [9.17, 15) is 9.90 Å². The number of H-pyrrole nitrogens is 1. The van der Waals surface area contributed by atoms with E-state index in [1.165, 1.54) is 12.8 Å². The van der Waals surface area contributed by atoms with E-state index in [-0.39, 0.29) is 11.4 Å². The highest BCUT2D eigenvalue weighted by Crippen LogP contribution is 2.37. The monoisotopic (exact) mass is 238 g/mol. The predicted octanol–water partition coefficient (Wildman–Crippen LogP) is 1.67. The molecule has 17 heavy (non-hydrogen) atoms. The third-order valence-corrected chi connectivity index (χ3v) is 3.46. The summed E-state index contributed by atoms with van der Waals surface area (Å²) in [5.74, 6) is 0.205. The zero-order valence-corrected chi connectivity index (χ0v) is 10.0. The molecule has 2 rings (SSSR count). The first-order valence-corrected chi connectivity index (χ1v) is 6.02. The predicted molar refractivity (Wildman–Crippen MR) is 62.9 cm³/mol. The smallest absolute Gasteiger partial charge is 0.254 e. The zero-order chi connectivity index (χ0) is 12.3. The van der Waals surface area contributed by atoms with Crippen molar-refractivity contribution in [2.24, 2.45) is 0 Å². The largest absolute Gasteiger partial charge is 0.493 e. The second kappa shape index (κ2) is 4.87. The second-order valence-electron chi connectivity index (χ2n) is 4.56. The third kappa shape index (κ3) is 2.49. The van der Waals surface area contributed by atoms with Crippen molar-refractivity contribution < 1.29 is 9.84 Å². The lowest BCUT2D eigenvalue weighted by Gasteiger charge is -2.29. The summed E-state index contributed by atoms with van der Waals surface area (Å²) in [5.41, 5.74) is -0.887. The average molecular weight is 238 g/mol. The van der Waals surface area contributed by atoms with Crippen LogP contribution in [0.15, 0.2) is 10.9 Å². The molecule has 0 unspecified atom stereocenters. The topological polar surface area (TPSA) is 75.2 Å². The van der Waals surface area contributed by atoms with E-state index in [2.05, 4.69) is 9.97 Å². The minimum absolute atomic E-state index is 0.246. The summed E-state index contributed by atoms with van der Waals surface area (Å²) in [5, 5.41) is 9.42. The average Bonchev–Trinajstić information content (AvgIpc) is 2.53. The van der Waals surface area contributed by atoms with Gasteiger partial charge in [0, 0.05) is 7.11 Å². The van der Waals surface area contributed by atoms with E-state index in [0.717, 1.165) is 31.7 Å². The molecule has 0 saturated heterocycles. The molecule has 2 N–H and O–H groups in total. The van der Waals surface area contributed by atoms with Crippen LogP contribution in [0.2, 0.25) is 0 Å². The number of methoxy groups -OCH3 is 1. The fraction of sp³-hybridized carbons (Fsp3) is 0.667. The molecule has 0 atom stereocenters. The maximum absolute atomic E-state index is 11.4. The molecule has 1 fully saturated rings. The molecule has 1 aliphatic carbocycles. The summed E-state index contributed by atoms with van der Waals surface area (Å²) in [6.45, 7) is 0. The highest BCUT2D eigenvalue weighted by atomic mass is 16.5. The SMILES string of the molecule is COC1(c2nc(O)cc(=O)[nH]2)CCCCCC1. The van der Waals surface area contributed by atoms with Crippen molar-refractivity contribution in [2.75, 3.05) is 7.11 Å². The quantitative estimate of drug-likeness (QED) is 0.768. The number of hydrogen-bond acceptors (Lipinski definition) is 4.